The van der Waals surface area contributed by atoms with Crippen molar-refractivity contribution < 1.29 is 4.79 Å². The number of aromatic nitrogens is 3. The molecule has 0 radical (unpaired) electrons. The number of thioether (sulfide) groups is 1. The number of hydrogen-bond donors (Lipinski definition) is 1. The fourth-order valence-corrected chi connectivity index (χ4v) is 1.70. The van der Waals surface area contributed by atoms with Gasteiger partial charge in [-0.05, 0) is 13.3 Å². The summed E-state index contributed by atoms with van der Waals surface area (Å²) in [5, 5.41) is 7.93. The molecule has 78 valence electrons. The molecule has 1 heterocycles. The Labute approximate surface area is 87.1 Å². The van der Waals surface area contributed by atoms with Gasteiger partial charge in [-0.3, -0.25) is 4.79 Å². The monoisotopic (exact) mass is 214 g/mol. The van der Waals surface area contributed by atoms with Crippen molar-refractivity contribution in [2.24, 2.45) is 5.73 Å². The molecule has 14 heavy (non-hydrogen) atoms. The van der Waals surface area contributed by atoms with Crippen LogP contribution in [0.2, 0.25) is 0 Å². The Kier molecular flexibility index (Phi) is 3.94. The Morgan fingerprint density at radius 2 is 2.29 bits per heavy atom. The lowest BCUT2D eigenvalue weighted by atomic mass is 10.3. The normalized spacial score (nSPS) is 10.4. The van der Waals surface area contributed by atoms with Crippen molar-refractivity contribution in [3.63, 3.8) is 0 Å². The Bertz CT molecular complexity index is 323. The number of nitrogens with zero attached hydrogens (tertiary/aromatic N) is 3. The van der Waals surface area contributed by atoms with Gasteiger partial charge < -0.3 is 10.3 Å². The van der Waals surface area contributed by atoms with E-state index in [1.807, 2.05) is 11.5 Å². The van der Waals surface area contributed by atoms with Gasteiger partial charge in [0.2, 0.25) is 5.16 Å². The highest BCUT2D eigenvalue weighted by molar-refractivity contribution is 8.13. The summed E-state index contributed by atoms with van der Waals surface area (Å²) in [5.41, 5.74) is 5.07. The van der Waals surface area contributed by atoms with E-state index >= 15 is 0 Å². The average molecular weight is 214 g/mol. The molecule has 1 rings (SSSR count). The van der Waals surface area contributed by atoms with E-state index in [9.17, 15) is 4.79 Å². The molecule has 0 unspecified atom stereocenters. The van der Waals surface area contributed by atoms with Crippen LogP contribution in [0.5, 0.6) is 0 Å². The zero-order valence-electron chi connectivity index (χ0n) is 8.36. The highest BCUT2D eigenvalue weighted by Gasteiger charge is 2.11. The second kappa shape index (κ2) is 4.99. The van der Waals surface area contributed by atoms with E-state index in [0.29, 0.717) is 5.16 Å². The van der Waals surface area contributed by atoms with E-state index in [1.165, 1.54) is 0 Å². The first-order chi connectivity index (χ1) is 6.65. The predicted molar refractivity (Wildman–Crippen MR) is 55.1 cm³/mol. The maximum Gasteiger partial charge on any atom is 0.284 e. The highest BCUT2D eigenvalue weighted by atomic mass is 32.2. The van der Waals surface area contributed by atoms with Gasteiger partial charge in [0.25, 0.3) is 5.24 Å². The maximum absolute atomic E-state index is 10.7. The highest BCUT2D eigenvalue weighted by Crippen LogP contribution is 2.16. The second-order valence-corrected chi connectivity index (χ2v) is 3.93. The van der Waals surface area contributed by atoms with Gasteiger partial charge in [-0.15, -0.1) is 10.2 Å². The van der Waals surface area contributed by atoms with Gasteiger partial charge >= 0.3 is 0 Å². The van der Waals surface area contributed by atoms with Crippen LogP contribution < -0.4 is 5.73 Å². The van der Waals surface area contributed by atoms with Gasteiger partial charge in [0, 0.05) is 18.3 Å². The number of hydrogen-bond acceptors (Lipinski definition) is 4. The van der Waals surface area contributed by atoms with Crippen LogP contribution in [0.25, 0.3) is 0 Å². The lowest BCUT2D eigenvalue weighted by Gasteiger charge is -2.05. The second-order valence-electron chi connectivity index (χ2n) is 2.96. The van der Waals surface area contributed by atoms with Crippen LogP contribution in [0.3, 0.4) is 0 Å². The predicted octanol–water partition coefficient (Wildman–Crippen LogP) is 1.56. The Morgan fingerprint density at radius 3 is 2.86 bits per heavy atom. The van der Waals surface area contributed by atoms with Crippen LogP contribution in [0.15, 0.2) is 5.16 Å². The minimum Gasteiger partial charge on any atom is -0.360 e. The SMILES string of the molecule is CCCCn1c(C)nnc1SC(N)=O. The smallest absolute Gasteiger partial charge is 0.284 e. The molecule has 0 aliphatic heterocycles. The summed E-state index contributed by atoms with van der Waals surface area (Å²) in [5.74, 6) is 0.821. The molecule has 5 nitrogen and oxygen atoms in total. The third kappa shape index (κ3) is 2.73. The minimum absolute atomic E-state index is 0.449. The molecule has 0 saturated carbocycles. The zero-order valence-corrected chi connectivity index (χ0v) is 9.17. The fraction of sp³-hybridized carbons (Fsp3) is 0.625. The maximum atomic E-state index is 10.7. The topological polar surface area (TPSA) is 73.8 Å². The Morgan fingerprint density at radius 1 is 1.57 bits per heavy atom. The number of amides is 1. The zero-order chi connectivity index (χ0) is 10.6. The third-order valence-electron chi connectivity index (χ3n) is 1.83. The molecule has 0 aromatic carbocycles. The van der Waals surface area contributed by atoms with Crippen molar-refractivity contribution in [3.8, 4) is 0 Å². The van der Waals surface area contributed by atoms with E-state index in [4.69, 9.17) is 5.73 Å². The van der Waals surface area contributed by atoms with E-state index in [-0.39, 0.29) is 0 Å². The van der Waals surface area contributed by atoms with Crippen LogP contribution in [0, 0.1) is 6.92 Å². The molecule has 0 aliphatic carbocycles. The van der Waals surface area contributed by atoms with Gasteiger partial charge in [0.1, 0.15) is 5.82 Å². The minimum atomic E-state index is -0.449. The first-order valence-electron chi connectivity index (χ1n) is 4.52. The van der Waals surface area contributed by atoms with Crippen LogP contribution >= 0.6 is 11.8 Å². The fourth-order valence-electron chi connectivity index (χ4n) is 1.10. The van der Waals surface area contributed by atoms with Crippen molar-refractivity contribution in [3.05, 3.63) is 5.82 Å². The van der Waals surface area contributed by atoms with Crippen LogP contribution in [0.4, 0.5) is 4.79 Å². The van der Waals surface area contributed by atoms with Crippen LogP contribution in [-0.2, 0) is 6.54 Å². The van der Waals surface area contributed by atoms with E-state index in [0.717, 1.165) is 37.0 Å². The molecule has 1 aromatic rings. The Balaban J connectivity index is 2.77. The molecule has 6 heteroatoms. The molecule has 0 spiro atoms. The number of unbranched alkanes of at least 4 members (excludes halogenated alkanes) is 1. The number of carbonyl (C=O) groups excluding carboxylic acids is 1. The molecule has 0 bridgehead atoms. The molecule has 0 fully saturated rings. The van der Waals surface area contributed by atoms with Gasteiger partial charge in [0.15, 0.2) is 0 Å². The van der Waals surface area contributed by atoms with Gasteiger partial charge in [-0.2, -0.15) is 0 Å². The third-order valence-corrected chi connectivity index (χ3v) is 2.51. The van der Waals surface area contributed by atoms with Crippen molar-refractivity contribution in [1.29, 1.82) is 0 Å². The molecule has 1 amide bonds. The van der Waals surface area contributed by atoms with E-state index in [2.05, 4.69) is 17.1 Å². The number of primary amides is 1. The molecule has 0 atom stereocenters. The van der Waals surface area contributed by atoms with Crippen LogP contribution in [-0.4, -0.2) is 20.0 Å². The molecular weight excluding hydrogens is 200 g/mol. The lowest BCUT2D eigenvalue weighted by Crippen LogP contribution is -2.07. The lowest BCUT2D eigenvalue weighted by molar-refractivity contribution is 0.267. The summed E-state index contributed by atoms with van der Waals surface area (Å²) < 4.78 is 1.92. The largest absolute Gasteiger partial charge is 0.360 e. The van der Waals surface area contributed by atoms with Gasteiger partial charge in [-0.25, -0.2) is 0 Å². The van der Waals surface area contributed by atoms with E-state index in [1.54, 1.807) is 0 Å². The molecule has 0 saturated heterocycles. The van der Waals surface area contributed by atoms with Crippen molar-refractivity contribution >= 4 is 17.0 Å². The van der Waals surface area contributed by atoms with Crippen molar-refractivity contribution in [1.82, 2.24) is 14.8 Å². The summed E-state index contributed by atoms with van der Waals surface area (Å²) in [4.78, 5) is 10.7. The Hall–Kier alpha value is -1.04. The first-order valence-corrected chi connectivity index (χ1v) is 5.34. The van der Waals surface area contributed by atoms with E-state index < -0.39 is 5.24 Å². The first kappa shape index (κ1) is 11.0. The number of nitrogens with two attached hydrogens (primary N) is 1. The van der Waals surface area contributed by atoms with Crippen molar-refractivity contribution in [2.75, 3.05) is 0 Å². The molecular formula is C8H14N4OS. The van der Waals surface area contributed by atoms with Crippen LogP contribution in [0.1, 0.15) is 25.6 Å². The quantitative estimate of drug-likeness (QED) is 0.772. The summed E-state index contributed by atoms with van der Waals surface area (Å²) in [6.45, 7) is 4.82. The molecule has 2 N–H and O–H groups in total. The molecule has 1 aromatic heterocycles. The summed E-state index contributed by atoms with van der Waals surface area (Å²) in [6, 6.07) is 0. The summed E-state index contributed by atoms with van der Waals surface area (Å²) in [7, 11) is 0. The van der Waals surface area contributed by atoms with Gasteiger partial charge in [0.05, 0.1) is 0 Å². The number of carbonyl (C=O) groups is 1. The molecule has 0 aliphatic rings. The van der Waals surface area contributed by atoms with Crippen molar-refractivity contribution in [2.45, 2.75) is 38.4 Å². The summed E-state index contributed by atoms with van der Waals surface area (Å²) in [6.07, 6.45) is 2.14. The standard InChI is InChI=1S/C8H14N4OS/c1-3-4-5-12-6(2)10-11-8(12)14-7(9)13/h3-5H2,1-2H3,(H2,9,13). The number of aryl methyl sites for hydroxylation is 1. The van der Waals surface area contributed by atoms with Gasteiger partial charge in [-0.1, -0.05) is 13.3 Å². The number of rotatable bonds is 4. The summed E-state index contributed by atoms with van der Waals surface area (Å²) >= 11 is 0.925. The average Bonchev–Trinajstić information content (AvgIpc) is 2.44.